The molecule has 2 amide bonds. The molecule has 0 aliphatic rings. The summed E-state index contributed by atoms with van der Waals surface area (Å²) < 4.78 is 19.3. The number of halogens is 1. The van der Waals surface area contributed by atoms with Gasteiger partial charge in [0.15, 0.2) is 6.61 Å². The second-order valence-electron chi connectivity index (χ2n) is 8.78. The molecule has 2 unspecified atom stereocenters. The van der Waals surface area contributed by atoms with E-state index in [-0.39, 0.29) is 36.8 Å². The minimum absolute atomic E-state index is 0.0351. The lowest BCUT2D eigenvalue weighted by atomic mass is 10.0. The molecule has 0 saturated heterocycles. The lowest BCUT2D eigenvalue weighted by Gasteiger charge is -2.32. The molecule has 2 atom stereocenters. The van der Waals surface area contributed by atoms with E-state index in [1.54, 1.807) is 18.2 Å². The van der Waals surface area contributed by atoms with Crippen LogP contribution in [0, 0.1) is 12.7 Å². The van der Waals surface area contributed by atoms with E-state index in [2.05, 4.69) is 5.32 Å². The van der Waals surface area contributed by atoms with Gasteiger partial charge in [-0.1, -0.05) is 61.5 Å². The molecule has 3 rings (SSSR count). The highest BCUT2D eigenvalue weighted by molar-refractivity contribution is 5.88. The van der Waals surface area contributed by atoms with Crippen molar-refractivity contribution in [3.8, 4) is 5.75 Å². The van der Waals surface area contributed by atoms with E-state index in [1.807, 2.05) is 69.3 Å². The van der Waals surface area contributed by atoms with Gasteiger partial charge in [-0.05, 0) is 61.2 Å². The molecular formula is C29H33FN2O3. The van der Waals surface area contributed by atoms with Crippen molar-refractivity contribution < 1.29 is 18.7 Å². The van der Waals surface area contributed by atoms with Gasteiger partial charge in [0, 0.05) is 19.0 Å². The summed E-state index contributed by atoms with van der Waals surface area (Å²) >= 11 is 0. The quantitative estimate of drug-likeness (QED) is 0.421. The van der Waals surface area contributed by atoms with E-state index >= 15 is 0 Å². The topological polar surface area (TPSA) is 58.6 Å². The highest BCUT2D eigenvalue weighted by Gasteiger charge is 2.31. The number of benzene rings is 3. The van der Waals surface area contributed by atoms with Crippen LogP contribution < -0.4 is 10.1 Å². The summed E-state index contributed by atoms with van der Waals surface area (Å²) in [5.41, 5.74) is 2.69. The zero-order valence-corrected chi connectivity index (χ0v) is 20.5. The Labute approximate surface area is 206 Å². The Bertz CT molecular complexity index is 1100. The Morgan fingerprint density at radius 2 is 1.69 bits per heavy atom. The molecule has 35 heavy (non-hydrogen) atoms. The summed E-state index contributed by atoms with van der Waals surface area (Å²) in [5.74, 6) is -0.321. The van der Waals surface area contributed by atoms with E-state index in [0.717, 1.165) is 23.1 Å². The highest BCUT2D eigenvalue weighted by atomic mass is 19.1. The van der Waals surface area contributed by atoms with E-state index in [0.29, 0.717) is 12.2 Å². The molecule has 0 saturated carbocycles. The number of rotatable bonds is 11. The average molecular weight is 477 g/mol. The van der Waals surface area contributed by atoms with E-state index in [9.17, 15) is 14.0 Å². The van der Waals surface area contributed by atoms with Gasteiger partial charge in [-0.25, -0.2) is 4.39 Å². The minimum Gasteiger partial charge on any atom is -0.484 e. The fraction of sp³-hybridized carbons (Fsp3) is 0.310. The standard InChI is InChI=1S/C29H33FN2O3/c1-4-22(3)31-29(34)27(18-23-10-6-5-7-11-23)32(19-24-13-15-25(30)16-14-24)28(33)20-35-26-12-8-9-21(2)17-26/h5-17,22,27H,4,18-20H2,1-3H3,(H,31,34). The Balaban J connectivity index is 1.90. The van der Waals surface area contributed by atoms with E-state index in [4.69, 9.17) is 4.74 Å². The number of nitrogens with one attached hydrogen (secondary N) is 1. The number of aryl methyl sites for hydroxylation is 1. The monoisotopic (exact) mass is 476 g/mol. The van der Waals surface area contributed by atoms with Crippen molar-refractivity contribution in [2.24, 2.45) is 0 Å². The van der Waals surface area contributed by atoms with Gasteiger partial charge in [0.2, 0.25) is 5.91 Å². The molecule has 5 nitrogen and oxygen atoms in total. The zero-order chi connectivity index (χ0) is 25.2. The summed E-state index contributed by atoms with van der Waals surface area (Å²) in [6, 6.07) is 22.2. The van der Waals surface area contributed by atoms with Crippen LogP contribution in [-0.2, 0) is 22.6 Å². The van der Waals surface area contributed by atoms with Gasteiger partial charge in [-0.15, -0.1) is 0 Å². The number of amides is 2. The van der Waals surface area contributed by atoms with Crippen molar-refractivity contribution in [1.82, 2.24) is 10.2 Å². The maximum Gasteiger partial charge on any atom is 0.261 e. The Morgan fingerprint density at radius 3 is 2.34 bits per heavy atom. The van der Waals surface area contributed by atoms with Crippen molar-refractivity contribution >= 4 is 11.8 Å². The molecule has 3 aromatic rings. The largest absolute Gasteiger partial charge is 0.484 e. The molecule has 0 aromatic heterocycles. The van der Waals surface area contributed by atoms with Crippen molar-refractivity contribution in [3.63, 3.8) is 0 Å². The summed E-state index contributed by atoms with van der Waals surface area (Å²) in [6.45, 7) is 5.82. The highest BCUT2D eigenvalue weighted by Crippen LogP contribution is 2.17. The second-order valence-corrected chi connectivity index (χ2v) is 8.78. The van der Waals surface area contributed by atoms with Crippen LogP contribution in [0.2, 0.25) is 0 Å². The number of carbonyl (C=O) groups excluding carboxylic acids is 2. The molecule has 0 bridgehead atoms. The van der Waals surface area contributed by atoms with Gasteiger partial charge in [0.25, 0.3) is 5.91 Å². The molecule has 0 fully saturated rings. The van der Waals surface area contributed by atoms with Crippen molar-refractivity contribution in [3.05, 3.63) is 101 Å². The van der Waals surface area contributed by atoms with E-state index in [1.165, 1.54) is 17.0 Å². The average Bonchev–Trinajstić information content (AvgIpc) is 2.86. The molecule has 0 aliphatic carbocycles. The number of nitrogens with zero attached hydrogens (tertiary/aromatic N) is 1. The lowest BCUT2D eigenvalue weighted by molar-refractivity contribution is -0.143. The second kappa shape index (κ2) is 12.7. The first kappa shape index (κ1) is 25.9. The molecule has 0 aliphatic heterocycles. The number of hydrogen-bond acceptors (Lipinski definition) is 3. The van der Waals surface area contributed by atoms with Gasteiger partial charge in [0.05, 0.1) is 0 Å². The Hall–Kier alpha value is -3.67. The van der Waals surface area contributed by atoms with Crippen LogP contribution in [0.3, 0.4) is 0 Å². The zero-order valence-electron chi connectivity index (χ0n) is 20.5. The van der Waals surface area contributed by atoms with Crippen LogP contribution in [0.5, 0.6) is 5.75 Å². The third-order valence-electron chi connectivity index (χ3n) is 5.89. The number of hydrogen-bond donors (Lipinski definition) is 1. The van der Waals surface area contributed by atoms with Crippen molar-refractivity contribution in [2.45, 2.75) is 52.2 Å². The number of carbonyl (C=O) groups is 2. The maximum atomic E-state index is 13.5. The molecule has 184 valence electrons. The van der Waals surface area contributed by atoms with Crippen molar-refractivity contribution in [1.29, 1.82) is 0 Å². The van der Waals surface area contributed by atoms with Gasteiger partial charge >= 0.3 is 0 Å². The predicted molar refractivity (Wildman–Crippen MR) is 135 cm³/mol. The lowest BCUT2D eigenvalue weighted by Crippen LogP contribution is -2.53. The first-order valence-electron chi connectivity index (χ1n) is 11.9. The SMILES string of the molecule is CCC(C)NC(=O)C(Cc1ccccc1)N(Cc1ccc(F)cc1)C(=O)COc1cccc(C)c1. The first-order chi connectivity index (χ1) is 16.9. The maximum absolute atomic E-state index is 13.5. The van der Waals surface area contributed by atoms with Crippen LogP contribution in [0.15, 0.2) is 78.9 Å². The van der Waals surface area contributed by atoms with Crippen LogP contribution in [0.4, 0.5) is 4.39 Å². The molecule has 0 heterocycles. The Morgan fingerprint density at radius 1 is 0.971 bits per heavy atom. The van der Waals surface area contributed by atoms with Gasteiger partial charge < -0.3 is 15.0 Å². The third-order valence-corrected chi connectivity index (χ3v) is 5.89. The van der Waals surface area contributed by atoms with Crippen LogP contribution >= 0.6 is 0 Å². The van der Waals surface area contributed by atoms with Gasteiger partial charge in [0.1, 0.15) is 17.6 Å². The summed E-state index contributed by atoms with van der Waals surface area (Å²) in [4.78, 5) is 28.5. The van der Waals surface area contributed by atoms with E-state index < -0.39 is 6.04 Å². The smallest absolute Gasteiger partial charge is 0.261 e. The predicted octanol–water partition coefficient (Wildman–Crippen LogP) is 5.07. The number of ether oxygens (including phenoxy) is 1. The molecule has 0 radical (unpaired) electrons. The van der Waals surface area contributed by atoms with Gasteiger partial charge in [-0.3, -0.25) is 9.59 Å². The Kier molecular flexibility index (Phi) is 9.41. The molecular weight excluding hydrogens is 443 g/mol. The van der Waals surface area contributed by atoms with Crippen LogP contribution in [-0.4, -0.2) is 35.4 Å². The normalized spacial score (nSPS) is 12.5. The molecule has 1 N–H and O–H groups in total. The molecule has 0 spiro atoms. The third kappa shape index (κ3) is 7.95. The van der Waals surface area contributed by atoms with Crippen LogP contribution in [0.25, 0.3) is 0 Å². The summed E-state index contributed by atoms with van der Waals surface area (Å²) in [7, 11) is 0. The summed E-state index contributed by atoms with van der Waals surface area (Å²) in [5, 5.41) is 3.03. The fourth-order valence-electron chi connectivity index (χ4n) is 3.71. The molecule has 6 heteroatoms. The first-order valence-corrected chi connectivity index (χ1v) is 11.9. The minimum atomic E-state index is -0.759. The fourth-order valence-corrected chi connectivity index (χ4v) is 3.71. The molecule has 3 aromatic carbocycles. The van der Waals surface area contributed by atoms with Crippen molar-refractivity contribution in [2.75, 3.05) is 6.61 Å². The van der Waals surface area contributed by atoms with Gasteiger partial charge in [-0.2, -0.15) is 0 Å². The van der Waals surface area contributed by atoms with Crippen LogP contribution in [0.1, 0.15) is 37.0 Å². The summed E-state index contributed by atoms with van der Waals surface area (Å²) in [6.07, 6.45) is 1.12.